The first-order chi connectivity index (χ1) is 11.4. The zero-order valence-electron chi connectivity index (χ0n) is 14.3. The summed E-state index contributed by atoms with van der Waals surface area (Å²) in [6, 6.07) is 9.80. The summed E-state index contributed by atoms with van der Waals surface area (Å²) in [5.41, 5.74) is 1.71. The second-order valence-corrected chi connectivity index (χ2v) is 9.59. The third kappa shape index (κ3) is 3.58. The van der Waals surface area contributed by atoms with Crippen molar-refractivity contribution in [3.63, 3.8) is 0 Å². The molecule has 2 aromatic rings. The lowest BCUT2D eigenvalue weighted by Gasteiger charge is -2.36. The van der Waals surface area contributed by atoms with E-state index in [0.29, 0.717) is 11.4 Å². The van der Waals surface area contributed by atoms with Crippen LogP contribution < -0.4 is 4.72 Å². The van der Waals surface area contributed by atoms with Gasteiger partial charge in [-0.3, -0.25) is 0 Å². The van der Waals surface area contributed by atoms with Crippen molar-refractivity contribution in [2.75, 3.05) is 6.54 Å². The van der Waals surface area contributed by atoms with Gasteiger partial charge in [-0.1, -0.05) is 37.5 Å². The van der Waals surface area contributed by atoms with Gasteiger partial charge in [0.2, 0.25) is 10.0 Å². The van der Waals surface area contributed by atoms with E-state index in [0.717, 1.165) is 24.0 Å². The maximum atomic E-state index is 12.9. The Bertz CT molecular complexity index is 789. The van der Waals surface area contributed by atoms with Crippen LogP contribution in [0.5, 0.6) is 0 Å². The Morgan fingerprint density at radius 3 is 2.54 bits per heavy atom. The van der Waals surface area contributed by atoms with Gasteiger partial charge < -0.3 is 0 Å². The topological polar surface area (TPSA) is 46.2 Å². The Labute approximate surface area is 149 Å². The summed E-state index contributed by atoms with van der Waals surface area (Å²) in [5.74, 6) is 0. The molecular weight excluding hydrogens is 338 g/mol. The van der Waals surface area contributed by atoms with Crippen LogP contribution in [0.4, 0.5) is 0 Å². The highest BCUT2D eigenvalue weighted by atomic mass is 32.2. The molecule has 0 saturated heterocycles. The van der Waals surface area contributed by atoms with Gasteiger partial charge in [0.15, 0.2) is 0 Å². The highest BCUT2D eigenvalue weighted by Crippen LogP contribution is 2.41. The zero-order valence-corrected chi connectivity index (χ0v) is 16.0. The lowest BCUT2D eigenvalue weighted by atomic mass is 9.73. The van der Waals surface area contributed by atoms with Crippen molar-refractivity contribution < 1.29 is 8.42 Å². The minimum absolute atomic E-state index is 0.0444. The van der Waals surface area contributed by atoms with Gasteiger partial charge in [0.25, 0.3) is 0 Å². The van der Waals surface area contributed by atoms with Crippen molar-refractivity contribution in [1.82, 2.24) is 4.72 Å². The average Bonchev–Trinajstić information content (AvgIpc) is 3.11. The van der Waals surface area contributed by atoms with Crippen LogP contribution in [0.25, 0.3) is 0 Å². The molecule has 5 heteroatoms. The van der Waals surface area contributed by atoms with Crippen LogP contribution in [-0.2, 0) is 15.4 Å². The second-order valence-electron chi connectivity index (χ2n) is 6.91. The number of nitrogens with one attached hydrogen (secondary N) is 1. The quantitative estimate of drug-likeness (QED) is 0.847. The van der Waals surface area contributed by atoms with E-state index in [1.165, 1.54) is 24.1 Å². The largest absolute Gasteiger partial charge is 0.240 e. The van der Waals surface area contributed by atoms with Crippen LogP contribution in [0.15, 0.2) is 40.6 Å². The molecule has 3 rings (SSSR count). The highest BCUT2D eigenvalue weighted by molar-refractivity contribution is 7.89. The fourth-order valence-electron chi connectivity index (χ4n) is 3.63. The Morgan fingerprint density at radius 1 is 1.12 bits per heavy atom. The third-order valence-corrected chi connectivity index (χ3v) is 7.75. The molecular formula is C19H25NO2S2. The molecule has 0 atom stereocenters. The summed E-state index contributed by atoms with van der Waals surface area (Å²) in [6.07, 6.45) is 5.70. The molecule has 0 bridgehead atoms. The predicted octanol–water partition coefficient (Wildman–Crippen LogP) is 4.55. The number of benzene rings is 1. The van der Waals surface area contributed by atoms with Gasteiger partial charge in [-0.2, -0.15) is 0 Å². The summed E-state index contributed by atoms with van der Waals surface area (Å²) in [4.78, 5) is 1.71. The van der Waals surface area contributed by atoms with Crippen molar-refractivity contribution in [1.29, 1.82) is 0 Å². The molecule has 0 amide bonds. The molecule has 0 unspecified atom stereocenters. The van der Waals surface area contributed by atoms with Crippen molar-refractivity contribution in [2.45, 2.75) is 56.3 Å². The lowest BCUT2D eigenvalue weighted by Crippen LogP contribution is -2.41. The summed E-state index contributed by atoms with van der Waals surface area (Å²) in [6.45, 7) is 4.26. The molecule has 3 nitrogen and oxygen atoms in total. The third-order valence-electron chi connectivity index (χ3n) is 5.09. The molecule has 1 aromatic carbocycles. The molecule has 1 aromatic heterocycles. The molecule has 130 valence electrons. The Kier molecular flexibility index (Phi) is 5.13. The minimum Gasteiger partial charge on any atom is -0.210 e. The van der Waals surface area contributed by atoms with Crippen molar-refractivity contribution in [2.24, 2.45) is 0 Å². The normalized spacial score (nSPS) is 17.8. The first-order valence-corrected chi connectivity index (χ1v) is 10.9. The Morgan fingerprint density at radius 2 is 1.88 bits per heavy atom. The number of hydrogen-bond donors (Lipinski definition) is 1. The molecule has 1 aliphatic carbocycles. The second kappa shape index (κ2) is 6.98. The molecule has 0 aliphatic heterocycles. The standard InChI is InChI=1S/C19H25NO2S2/c1-15-8-9-16(2)17(13-15)24(21,22)20-14-19(10-4-3-5-11-19)18-7-6-12-23-18/h6-9,12-13,20H,3-5,10-11,14H2,1-2H3. The average molecular weight is 364 g/mol. The monoisotopic (exact) mass is 363 g/mol. The molecule has 1 saturated carbocycles. The number of sulfonamides is 1. The van der Waals surface area contributed by atoms with E-state index < -0.39 is 10.0 Å². The van der Waals surface area contributed by atoms with Gasteiger partial charge in [-0.05, 0) is 55.3 Å². The molecule has 1 fully saturated rings. The van der Waals surface area contributed by atoms with Crippen LogP contribution >= 0.6 is 11.3 Å². The number of aryl methyl sites for hydroxylation is 2. The highest BCUT2D eigenvalue weighted by Gasteiger charge is 2.36. The maximum Gasteiger partial charge on any atom is 0.240 e. The van der Waals surface area contributed by atoms with E-state index >= 15 is 0 Å². The summed E-state index contributed by atoms with van der Waals surface area (Å²) in [5, 5.41) is 2.09. The molecule has 1 aliphatic rings. The lowest BCUT2D eigenvalue weighted by molar-refractivity contribution is 0.298. The van der Waals surface area contributed by atoms with Crippen LogP contribution in [-0.4, -0.2) is 15.0 Å². The first kappa shape index (κ1) is 17.6. The SMILES string of the molecule is Cc1ccc(C)c(S(=O)(=O)NCC2(c3cccs3)CCCCC2)c1. The maximum absolute atomic E-state index is 12.9. The molecule has 0 spiro atoms. The van der Waals surface area contributed by atoms with E-state index in [1.54, 1.807) is 17.4 Å². The van der Waals surface area contributed by atoms with E-state index in [-0.39, 0.29) is 5.41 Å². The van der Waals surface area contributed by atoms with Gasteiger partial charge in [0.05, 0.1) is 4.90 Å². The van der Waals surface area contributed by atoms with Gasteiger partial charge in [0, 0.05) is 16.8 Å². The van der Waals surface area contributed by atoms with Crippen LogP contribution in [0.2, 0.25) is 0 Å². The van der Waals surface area contributed by atoms with Crippen molar-refractivity contribution in [3.05, 3.63) is 51.7 Å². The van der Waals surface area contributed by atoms with Gasteiger partial charge in [-0.25, -0.2) is 13.1 Å². The smallest absolute Gasteiger partial charge is 0.210 e. The zero-order chi connectivity index (χ0) is 17.2. The van der Waals surface area contributed by atoms with Crippen LogP contribution in [0.1, 0.15) is 48.1 Å². The molecule has 1 heterocycles. The Balaban J connectivity index is 1.85. The molecule has 0 radical (unpaired) electrons. The van der Waals surface area contributed by atoms with Gasteiger partial charge in [0.1, 0.15) is 0 Å². The van der Waals surface area contributed by atoms with E-state index in [4.69, 9.17) is 0 Å². The van der Waals surface area contributed by atoms with E-state index in [2.05, 4.69) is 22.2 Å². The van der Waals surface area contributed by atoms with Gasteiger partial charge >= 0.3 is 0 Å². The molecule has 1 N–H and O–H groups in total. The first-order valence-electron chi connectivity index (χ1n) is 8.54. The minimum atomic E-state index is -3.49. The fraction of sp³-hybridized carbons (Fsp3) is 0.474. The van der Waals surface area contributed by atoms with Crippen LogP contribution in [0.3, 0.4) is 0 Å². The van der Waals surface area contributed by atoms with Crippen LogP contribution in [0, 0.1) is 13.8 Å². The fourth-order valence-corrected chi connectivity index (χ4v) is 6.07. The number of rotatable bonds is 5. The summed E-state index contributed by atoms with van der Waals surface area (Å²) >= 11 is 1.75. The van der Waals surface area contributed by atoms with Gasteiger partial charge in [-0.15, -0.1) is 11.3 Å². The predicted molar refractivity (Wildman–Crippen MR) is 100 cm³/mol. The van der Waals surface area contributed by atoms with Crippen molar-refractivity contribution in [3.8, 4) is 0 Å². The van der Waals surface area contributed by atoms with E-state index in [1.807, 2.05) is 26.0 Å². The summed E-state index contributed by atoms with van der Waals surface area (Å²) in [7, 11) is -3.49. The van der Waals surface area contributed by atoms with E-state index in [9.17, 15) is 8.42 Å². The number of thiophene rings is 1. The van der Waals surface area contributed by atoms with Crippen molar-refractivity contribution >= 4 is 21.4 Å². The Hall–Kier alpha value is -1.17. The molecule has 24 heavy (non-hydrogen) atoms. The summed E-state index contributed by atoms with van der Waals surface area (Å²) < 4.78 is 28.6. The number of hydrogen-bond acceptors (Lipinski definition) is 3.